The molecule has 0 N–H and O–H groups in total. The van der Waals surface area contributed by atoms with Crippen LogP contribution in [0.2, 0.25) is 0 Å². The molecule has 0 amide bonds. The minimum atomic E-state index is -3.72. The topological polar surface area (TPSA) is 34.1 Å². The molecule has 3 aromatic carbocycles. The van der Waals surface area contributed by atoms with Crippen molar-refractivity contribution < 1.29 is 21.6 Å². The lowest BCUT2D eigenvalue weighted by atomic mass is 10.3. The SMILES string of the molecule is O=S1(=O)c2ccccc2[SH](c2cc(F)c(F)c(F)c2)c2ccccc21. The van der Waals surface area contributed by atoms with Gasteiger partial charge in [-0.25, -0.2) is 21.6 Å². The van der Waals surface area contributed by atoms with E-state index in [9.17, 15) is 21.6 Å². The summed E-state index contributed by atoms with van der Waals surface area (Å²) in [7, 11) is -5.24. The van der Waals surface area contributed by atoms with Gasteiger partial charge in [-0.3, -0.25) is 0 Å². The highest BCUT2D eigenvalue weighted by atomic mass is 32.2. The van der Waals surface area contributed by atoms with E-state index in [0.717, 1.165) is 12.1 Å². The number of halogens is 3. The quantitative estimate of drug-likeness (QED) is 0.383. The van der Waals surface area contributed by atoms with Gasteiger partial charge in [-0.15, -0.1) is 0 Å². The molecule has 0 aromatic heterocycles. The summed E-state index contributed by atoms with van der Waals surface area (Å²) in [6.07, 6.45) is 0. The molecule has 7 heteroatoms. The maximum absolute atomic E-state index is 13.8. The minimum Gasteiger partial charge on any atom is -0.218 e. The molecule has 0 fully saturated rings. The molecular weight excluding hydrogens is 369 g/mol. The van der Waals surface area contributed by atoms with Gasteiger partial charge in [0.1, 0.15) is 0 Å². The maximum Gasteiger partial charge on any atom is 0.208 e. The normalized spacial score (nSPS) is 16.2. The Hall–Kier alpha value is -2.25. The van der Waals surface area contributed by atoms with Crippen LogP contribution in [0.4, 0.5) is 13.2 Å². The molecule has 0 aliphatic carbocycles. The summed E-state index contributed by atoms with van der Waals surface area (Å²) in [6.45, 7) is 0. The fraction of sp³-hybridized carbons (Fsp3) is 0. The van der Waals surface area contributed by atoms with E-state index in [1.54, 1.807) is 36.4 Å². The van der Waals surface area contributed by atoms with Crippen molar-refractivity contribution >= 4 is 20.7 Å². The zero-order valence-corrected chi connectivity index (χ0v) is 14.3. The fourth-order valence-corrected chi connectivity index (χ4v) is 8.00. The molecule has 2 nitrogen and oxygen atoms in total. The first-order valence-corrected chi connectivity index (χ1v) is 10.1. The number of hydrogen-bond acceptors (Lipinski definition) is 2. The number of benzene rings is 3. The first-order valence-electron chi connectivity index (χ1n) is 7.29. The van der Waals surface area contributed by atoms with Gasteiger partial charge in [0, 0.05) is 14.7 Å². The highest BCUT2D eigenvalue weighted by Crippen LogP contribution is 2.59. The molecule has 128 valence electrons. The van der Waals surface area contributed by atoms with Crippen LogP contribution in [0.3, 0.4) is 0 Å². The highest BCUT2D eigenvalue weighted by molar-refractivity contribution is 8.18. The molecule has 25 heavy (non-hydrogen) atoms. The van der Waals surface area contributed by atoms with Crippen molar-refractivity contribution in [3.05, 3.63) is 78.1 Å². The van der Waals surface area contributed by atoms with Gasteiger partial charge in [0.2, 0.25) is 9.84 Å². The number of rotatable bonds is 1. The zero-order valence-electron chi connectivity index (χ0n) is 12.6. The largest absolute Gasteiger partial charge is 0.218 e. The van der Waals surface area contributed by atoms with Gasteiger partial charge in [0.15, 0.2) is 17.5 Å². The average molecular weight is 380 g/mol. The number of fused-ring (bicyclic) bond motifs is 2. The minimum absolute atomic E-state index is 0.116. The van der Waals surface area contributed by atoms with Crippen molar-refractivity contribution in [1.82, 2.24) is 0 Å². The van der Waals surface area contributed by atoms with E-state index in [4.69, 9.17) is 0 Å². The van der Waals surface area contributed by atoms with Gasteiger partial charge in [0.25, 0.3) is 0 Å². The average Bonchev–Trinajstić information content (AvgIpc) is 2.60. The van der Waals surface area contributed by atoms with Crippen LogP contribution in [0, 0.1) is 17.5 Å². The maximum atomic E-state index is 13.8. The Morgan fingerprint density at radius 1 is 0.720 bits per heavy atom. The Balaban J connectivity index is 2.08. The van der Waals surface area contributed by atoms with Crippen molar-refractivity contribution in [1.29, 1.82) is 0 Å². The summed E-state index contributed by atoms with van der Waals surface area (Å²) < 4.78 is 66.6. The zero-order chi connectivity index (χ0) is 17.8. The molecule has 0 radical (unpaired) electrons. The van der Waals surface area contributed by atoms with E-state index in [-0.39, 0.29) is 14.7 Å². The van der Waals surface area contributed by atoms with Gasteiger partial charge in [-0.1, -0.05) is 24.3 Å². The van der Waals surface area contributed by atoms with Gasteiger partial charge in [-0.05, 0) is 36.4 Å². The first kappa shape index (κ1) is 16.2. The van der Waals surface area contributed by atoms with Gasteiger partial charge in [-0.2, -0.15) is 10.9 Å². The third-order valence-electron chi connectivity index (χ3n) is 4.02. The molecule has 1 aliphatic rings. The molecule has 0 unspecified atom stereocenters. The predicted molar refractivity (Wildman–Crippen MR) is 88.4 cm³/mol. The van der Waals surface area contributed by atoms with Gasteiger partial charge < -0.3 is 0 Å². The summed E-state index contributed by atoms with van der Waals surface area (Å²) in [5, 5.41) is 0. The Labute approximate surface area is 145 Å². The summed E-state index contributed by atoms with van der Waals surface area (Å²) in [4.78, 5) is 1.40. The van der Waals surface area contributed by atoms with Crippen molar-refractivity contribution in [2.75, 3.05) is 0 Å². The third kappa shape index (κ3) is 2.38. The molecule has 1 heterocycles. The van der Waals surface area contributed by atoms with Gasteiger partial charge >= 0.3 is 0 Å². The van der Waals surface area contributed by atoms with Crippen LogP contribution < -0.4 is 0 Å². The summed E-state index contributed by atoms with van der Waals surface area (Å²) in [6, 6.07) is 14.7. The Bertz CT molecular complexity index is 1030. The summed E-state index contributed by atoms with van der Waals surface area (Å²) >= 11 is 0. The lowest BCUT2D eigenvalue weighted by Crippen LogP contribution is -2.12. The van der Waals surface area contributed by atoms with Crippen LogP contribution in [-0.4, -0.2) is 8.42 Å². The van der Waals surface area contributed by atoms with Crippen LogP contribution in [0.1, 0.15) is 0 Å². The predicted octanol–water partition coefficient (Wildman–Crippen LogP) is 4.73. The number of thiol groups is 1. The van der Waals surface area contributed by atoms with Crippen LogP contribution >= 0.6 is 10.9 Å². The standard InChI is InChI=1S/C18H11F3O2S2/c19-12-9-11(10-13(20)18(12)21)24-14-5-1-3-7-16(14)25(22,23)17-8-4-2-6-15(17)24/h1-10,24H. The molecule has 0 saturated carbocycles. The van der Waals surface area contributed by atoms with Crippen LogP contribution in [0.15, 0.2) is 85.1 Å². The van der Waals surface area contributed by atoms with Crippen LogP contribution in [0.5, 0.6) is 0 Å². The summed E-state index contributed by atoms with van der Waals surface area (Å²) in [5.41, 5.74) is 0. The molecule has 0 atom stereocenters. The molecule has 0 saturated heterocycles. The molecule has 3 aromatic rings. The molecule has 0 bridgehead atoms. The molecule has 4 rings (SSSR count). The lowest BCUT2D eigenvalue weighted by Gasteiger charge is -2.31. The van der Waals surface area contributed by atoms with E-state index in [1.165, 1.54) is 12.1 Å². The number of hydrogen-bond donors (Lipinski definition) is 1. The Morgan fingerprint density at radius 2 is 1.16 bits per heavy atom. The Kier molecular flexibility index (Phi) is 3.66. The van der Waals surface area contributed by atoms with E-state index in [2.05, 4.69) is 0 Å². The van der Waals surface area contributed by atoms with Crippen molar-refractivity contribution in [3.8, 4) is 0 Å². The van der Waals surface area contributed by atoms with E-state index in [1.807, 2.05) is 0 Å². The molecule has 0 spiro atoms. The third-order valence-corrected chi connectivity index (χ3v) is 8.71. The second-order valence-corrected chi connectivity index (χ2v) is 9.54. The first-order chi connectivity index (χ1) is 11.9. The van der Waals surface area contributed by atoms with Gasteiger partial charge in [0.05, 0.1) is 9.79 Å². The second kappa shape index (κ2) is 5.64. The molecule has 1 aliphatic heterocycles. The van der Waals surface area contributed by atoms with Crippen LogP contribution in [0.25, 0.3) is 0 Å². The van der Waals surface area contributed by atoms with Crippen molar-refractivity contribution in [3.63, 3.8) is 0 Å². The van der Waals surface area contributed by atoms with E-state index in [0.29, 0.717) is 9.79 Å². The highest BCUT2D eigenvalue weighted by Gasteiger charge is 2.34. The van der Waals surface area contributed by atoms with Crippen molar-refractivity contribution in [2.45, 2.75) is 24.5 Å². The fourth-order valence-electron chi connectivity index (χ4n) is 2.94. The van der Waals surface area contributed by atoms with E-state index >= 15 is 0 Å². The smallest absolute Gasteiger partial charge is 0.208 e. The lowest BCUT2D eigenvalue weighted by molar-refractivity contribution is 0.443. The number of sulfone groups is 1. The van der Waals surface area contributed by atoms with Crippen molar-refractivity contribution in [2.24, 2.45) is 0 Å². The van der Waals surface area contributed by atoms with Crippen LogP contribution in [-0.2, 0) is 9.84 Å². The monoisotopic (exact) mass is 380 g/mol. The molecular formula is C18H11F3O2S2. The second-order valence-electron chi connectivity index (χ2n) is 5.50. The Morgan fingerprint density at radius 3 is 1.64 bits per heavy atom. The van der Waals surface area contributed by atoms with E-state index < -0.39 is 38.2 Å². The summed E-state index contributed by atoms with van der Waals surface area (Å²) in [5.74, 6) is -4.12.